The Labute approximate surface area is 158 Å². The predicted molar refractivity (Wildman–Crippen MR) is 108 cm³/mol. The molecule has 1 saturated carbocycles. The first-order valence-electron chi connectivity index (χ1n) is 10.7. The van der Waals surface area contributed by atoms with E-state index in [1.54, 1.807) is 11.1 Å². The van der Waals surface area contributed by atoms with Crippen molar-refractivity contribution < 1.29 is 0 Å². The number of piperidine rings is 3. The van der Waals surface area contributed by atoms with E-state index in [1.165, 1.54) is 58.0 Å². The van der Waals surface area contributed by atoms with Crippen molar-refractivity contribution in [3.8, 4) is 0 Å². The van der Waals surface area contributed by atoms with Gasteiger partial charge in [0.05, 0.1) is 0 Å². The number of nitrogens with zero attached hydrogens (tertiary/aromatic N) is 1. The standard InChI is InChI=1S/C25H31N/c1-3-7-22(8-4-1)25(18-21-11-12-21,23-9-5-2-6-10-23)19-24-17-20-13-15-26(24)16-14-20/h1-10,20-21,24H,11-19H2. The van der Waals surface area contributed by atoms with Gasteiger partial charge < -0.3 is 4.90 Å². The quantitative estimate of drug-likeness (QED) is 0.654. The smallest absolute Gasteiger partial charge is 0.0220 e. The molecule has 0 spiro atoms. The van der Waals surface area contributed by atoms with Gasteiger partial charge in [-0.1, -0.05) is 73.5 Å². The van der Waals surface area contributed by atoms with Gasteiger partial charge in [-0.15, -0.1) is 0 Å². The van der Waals surface area contributed by atoms with Crippen molar-refractivity contribution in [2.45, 2.75) is 56.4 Å². The summed E-state index contributed by atoms with van der Waals surface area (Å²) in [5.74, 6) is 1.90. The molecule has 1 nitrogen and oxygen atoms in total. The van der Waals surface area contributed by atoms with Crippen LogP contribution in [0.1, 0.15) is 56.1 Å². The first kappa shape index (κ1) is 16.6. The maximum Gasteiger partial charge on any atom is 0.0220 e. The van der Waals surface area contributed by atoms with Gasteiger partial charge in [0.25, 0.3) is 0 Å². The molecule has 4 fully saturated rings. The molecule has 3 saturated heterocycles. The summed E-state index contributed by atoms with van der Waals surface area (Å²) in [5.41, 5.74) is 3.27. The molecule has 2 bridgehead atoms. The minimum absolute atomic E-state index is 0.186. The Hall–Kier alpha value is -1.60. The molecule has 0 amide bonds. The summed E-state index contributed by atoms with van der Waals surface area (Å²) in [7, 11) is 0. The molecule has 6 rings (SSSR count). The van der Waals surface area contributed by atoms with Crippen LogP contribution in [0.5, 0.6) is 0 Å². The zero-order chi connectivity index (χ0) is 17.4. The number of fused-ring (bicyclic) bond motifs is 3. The van der Waals surface area contributed by atoms with Crippen LogP contribution >= 0.6 is 0 Å². The van der Waals surface area contributed by atoms with Crippen LogP contribution in [0.15, 0.2) is 60.7 Å². The Balaban J connectivity index is 1.56. The molecule has 3 heterocycles. The fourth-order valence-corrected chi connectivity index (χ4v) is 5.75. The van der Waals surface area contributed by atoms with Crippen LogP contribution in [-0.4, -0.2) is 24.0 Å². The normalized spacial score (nSPS) is 28.2. The van der Waals surface area contributed by atoms with Crippen molar-refractivity contribution in [3.63, 3.8) is 0 Å². The van der Waals surface area contributed by atoms with Crippen molar-refractivity contribution in [2.24, 2.45) is 11.8 Å². The number of hydrogen-bond acceptors (Lipinski definition) is 1. The Morgan fingerprint density at radius 1 is 0.731 bits per heavy atom. The highest BCUT2D eigenvalue weighted by atomic mass is 15.2. The minimum atomic E-state index is 0.186. The second-order valence-corrected chi connectivity index (χ2v) is 9.03. The summed E-state index contributed by atoms with van der Waals surface area (Å²) in [6.07, 6.45) is 9.78. The zero-order valence-electron chi connectivity index (χ0n) is 15.8. The third kappa shape index (κ3) is 3.11. The van der Waals surface area contributed by atoms with E-state index in [0.29, 0.717) is 0 Å². The van der Waals surface area contributed by atoms with E-state index < -0.39 is 0 Å². The number of rotatable bonds is 6. The SMILES string of the molecule is c1ccc(C(CC2CC2)(CC2CC3CCN2CC3)c2ccccc2)cc1. The van der Waals surface area contributed by atoms with Crippen LogP contribution in [-0.2, 0) is 5.41 Å². The van der Waals surface area contributed by atoms with Gasteiger partial charge in [-0.3, -0.25) is 0 Å². The summed E-state index contributed by atoms with van der Waals surface area (Å²) >= 11 is 0. The van der Waals surface area contributed by atoms with E-state index in [0.717, 1.165) is 17.9 Å². The second-order valence-electron chi connectivity index (χ2n) is 9.03. The zero-order valence-corrected chi connectivity index (χ0v) is 15.8. The van der Waals surface area contributed by atoms with E-state index in [2.05, 4.69) is 65.6 Å². The topological polar surface area (TPSA) is 3.24 Å². The number of hydrogen-bond donors (Lipinski definition) is 0. The van der Waals surface area contributed by atoms with Crippen molar-refractivity contribution in [2.75, 3.05) is 13.1 Å². The van der Waals surface area contributed by atoms with E-state index in [4.69, 9.17) is 0 Å². The lowest BCUT2D eigenvalue weighted by molar-refractivity contribution is 0.0340. The maximum atomic E-state index is 2.81. The predicted octanol–water partition coefficient (Wildman–Crippen LogP) is 5.65. The largest absolute Gasteiger partial charge is 0.300 e. The van der Waals surface area contributed by atoms with Crippen LogP contribution in [0.25, 0.3) is 0 Å². The average Bonchev–Trinajstić information content (AvgIpc) is 3.54. The van der Waals surface area contributed by atoms with Gasteiger partial charge >= 0.3 is 0 Å². The second kappa shape index (κ2) is 6.85. The summed E-state index contributed by atoms with van der Waals surface area (Å²) in [4.78, 5) is 2.81. The first-order valence-corrected chi connectivity index (χ1v) is 10.7. The molecule has 4 aliphatic rings. The molecule has 26 heavy (non-hydrogen) atoms. The summed E-state index contributed by atoms with van der Waals surface area (Å²) in [5, 5.41) is 0. The van der Waals surface area contributed by atoms with E-state index in [-0.39, 0.29) is 5.41 Å². The molecule has 1 atom stereocenters. The van der Waals surface area contributed by atoms with Crippen LogP contribution in [0, 0.1) is 11.8 Å². The summed E-state index contributed by atoms with van der Waals surface area (Å²) < 4.78 is 0. The average molecular weight is 346 g/mol. The monoisotopic (exact) mass is 345 g/mol. The van der Waals surface area contributed by atoms with Gasteiger partial charge in [-0.25, -0.2) is 0 Å². The van der Waals surface area contributed by atoms with Gasteiger partial charge in [-0.2, -0.15) is 0 Å². The lowest BCUT2D eigenvalue weighted by Gasteiger charge is -2.49. The fraction of sp³-hybridized carbons (Fsp3) is 0.520. The van der Waals surface area contributed by atoms with Gasteiger partial charge in [0, 0.05) is 11.5 Å². The van der Waals surface area contributed by atoms with E-state index in [1.807, 2.05) is 0 Å². The lowest BCUT2D eigenvalue weighted by atomic mass is 9.65. The molecule has 1 heteroatoms. The molecular formula is C25H31N. The van der Waals surface area contributed by atoms with Crippen LogP contribution < -0.4 is 0 Å². The third-order valence-electron chi connectivity index (χ3n) is 7.34. The van der Waals surface area contributed by atoms with Gasteiger partial charge in [0.15, 0.2) is 0 Å². The fourth-order valence-electron chi connectivity index (χ4n) is 5.75. The molecule has 136 valence electrons. The highest BCUT2D eigenvalue weighted by Gasteiger charge is 2.44. The molecule has 3 aliphatic heterocycles. The Morgan fingerprint density at radius 2 is 1.31 bits per heavy atom. The molecule has 2 aromatic carbocycles. The van der Waals surface area contributed by atoms with Crippen molar-refractivity contribution in [1.29, 1.82) is 0 Å². The van der Waals surface area contributed by atoms with Gasteiger partial charge in [-0.05, 0) is 68.2 Å². The summed E-state index contributed by atoms with van der Waals surface area (Å²) in [6, 6.07) is 23.7. The minimum Gasteiger partial charge on any atom is -0.300 e. The van der Waals surface area contributed by atoms with Gasteiger partial charge in [0.2, 0.25) is 0 Å². The molecule has 2 aromatic rings. The molecule has 1 aliphatic carbocycles. The maximum absolute atomic E-state index is 2.81. The summed E-state index contributed by atoms with van der Waals surface area (Å²) in [6.45, 7) is 2.66. The first-order chi connectivity index (χ1) is 12.8. The molecule has 0 N–H and O–H groups in total. The third-order valence-corrected chi connectivity index (χ3v) is 7.34. The lowest BCUT2D eigenvalue weighted by Crippen LogP contribution is -2.51. The van der Waals surface area contributed by atoms with Crippen LogP contribution in [0.3, 0.4) is 0 Å². The Kier molecular flexibility index (Phi) is 4.36. The highest BCUT2D eigenvalue weighted by Crippen LogP contribution is 2.50. The molecule has 1 unspecified atom stereocenters. The van der Waals surface area contributed by atoms with Gasteiger partial charge in [0.1, 0.15) is 0 Å². The highest BCUT2D eigenvalue weighted by molar-refractivity contribution is 5.40. The van der Waals surface area contributed by atoms with Crippen LogP contribution in [0.4, 0.5) is 0 Å². The van der Waals surface area contributed by atoms with E-state index >= 15 is 0 Å². The van der Waals surface area contributed by atoms with Crippen molar-refractivity contribution in [1.82, 2.24) is 4.90 Å². The van der Waals surface area contributed by atoms with Crippen molar-refractivity contribution in [3.05, 3.63) is 71.8 Å². The van der Waals surface area contributed by atoms with Crippen molar-refractivity contribution >= 4 is 0 Å². The van der Waals surface area contributed by atoms with Crippen LogP contribution in [0.2, 0.25) is 0 Å². The Bertz CT molecular complexity index is 671. The van der Waals surface area contributed by atoms with E-state index in [9.17, 15) is 0 Å². The molecule has 0 aromatic heterocycles. The Morgan fingerprint density at radius 3 is 1.77 bits per heavy atom. The molecule has 0 radical (unpaired) electrons. The number of benzene rings is 2. The molecular weight excluding hydrogens is 314 g/mol.